The van der Waals surface area contributed by atoms with Gasteiger partial charge in [0.25, 0.3) is 6.33 Å². The number of pyridine rings is 1. The smallest absolute Gasteiger partial charge is 0.268 e. The van der Waals surface area contributed by atoms with Crippen molar-refractivity contribution in [3.63, 3.8) is 0 Å². The molecule has 0 bridgehead atoms. The average Bonchev–Trinajstić information content (AvgIpc) is 1.72. The Bertz CT molecular complexity index is 4790. The van der Waals surface area contributed by atoms with E-state index in [4.69, 9.17) is 17.9 Å². The summed E-state index contributed by atoms with van der Waals surface area (Å²) in [6.45, 7) is 6.48. The molecule has 0 atom stereocenters. The van der Waals surface area contributed by atoms with E-state index in [-0.39, 0.29) is 54.4 Å². The van der Waals surface area contributed by atoms with Gasteiger partial charge in [-0.15, -0.1) is 28.8 Å². The van der Waals surface area contributed by atoms with Crippen molar-refractivity contribution in [2.75, 3.05) is 0 Å². The summed E-state index contributed by atoms with van der Waals surface area (Å²) in [6.07, 6.45) is 5.31. The van der Waals surface area contributed by atoms with Crippen LogP contribution >= 0.6 is 0 Å². The molecule has 0 N–H and O–H groups in total. The summed E-state index contributed by atoms with van der Waals surface area (Å²) in [5, 5.41) is 16.2. The van der Waals surface area contributed by atoms with Crippen molar-refractivity contribution < 1.29 is 44.1 Å². The molecule has 8 heteroatoms. The Morgan fingerprint density at radius 3 is 1.81 bits per heavy atom. The van der Waals surface area contributed by atoms with Gasteiger partial charge in [0.2, 0.25) is 0 Å². The molecule has 0 unspecified atom stereocenters. The van der Waals surface area contributed by atoms with Crippen molar-refractivity contribution in [3.8, 4) is 57.0 Å². The normalized spacial score (nSPS) is 13.4. The third-order valence-electron chi connectivity index (χ3n) is 14.3. The maximum Gasteiger partial charge on any atom is 0.268 e. The average molecular weight is 1220 g/mol. The number of fused-ring (bicyclic) bond motifs is 4. The van der Waals surface area contributed by atoms with Crippen LogP contribution in [0.3, 0.4) is 0 Å². The van der Waals surface area contributed by atoms with Gasteiger partial charge >= 0.3 is 0 Å². The molecule has 0 aliphatic rings. The first-order valence-electron chi connectivity index (χ1n) is 30.4. The Hall–Kier alpha value is -9.18. The van der Waals surface area contributed by atoms with Gasteiger partial charge in [-0.05, 0) is 74.6 Å². The van der Waals surface area contributed by atoms with Crippen molar-refractivity contribution in [2.45, 2.75) is 26.2 Å². The van der Waals surface area contributed by atoms with E-state index in [2.05, 4.69) is 135 Å². The van der Waals surface area contributed by atoms with Crippen LogP contribution < -0.4 is 30.1 Å². The number of nitrogens with zero attached hydrogens (tertiary/aromatic N) is 5. The molecule has 13 aromatic rings. The van der Waals surface area contributed by atoms with E-state index in [9.17, 15) is 10.7 Å². The molecule has 0 spiro atoms. The fourth-order valence-electron chi connectivity index (χ4n) is 10.8. The SMILES string of the molecule is [2H]c1c([2H])c([2H])c(-c2cccc(-c3c([2H])c([2H])c([2H])c([2H])c3[2H])c2-[n+]2[c-]n(-c3[c-]c(Oc4[c-]c5c(cc4[Si](c4ccccc4)(c4ccccc4)c4ccccc4)c4cc(C#N)ccc4n5-c4cc(C(C)(C)C)ccn4)ccc3)c3ccccc32)c([2H])c1[2H].[Pt]. The van der Waals surface area contributed by atoms with Crippen molar-refractivity contribution in [3.05, 3.63) is 284 Å². The fraction of sp³-hybridized carbons (Fsp3) is 0.0563. The minimum atomic E-state index is -3.48. The van der Waals surface area contributed by atoms with Crippen LogP contribution in [0.1, 0.15) is 45.6 Å². The molecule has 0 radical (unpaired) electrons. The van der Waals surface area contributed by atoms with E-state index in [1.165, 1.54) is 0 Å². The van der Waals surface area contributed by atoms with Gasteiger partial charge in [0.05, 0.1) is 42.1 Å². The van der Waals surface area contributed by atoms with E-state index < -0.39 is 68.5 Å². The van der Waals surface area contributed by atoms with Crippen LogP contribution in [0.2, 0.25) is 0 Å². The molecule has 3 heterocycles. The number of benzene rings is 10. The topological polar surface area (TPSA) is 59.6 Å². The predicted molar refractivity (Wildman–Crippen MR) is 318 cm³/mol. The van der Waals surface area contributed by atoms with E-state index in [0.29, 0.717) is 45.1 Å². The van der Waals surface area contributed by atoms with Crippen LogP contribution in [0.25, 0.3) is 72.3 Å². The Kier molecular flexibility index (Phi) is 10.6. The second kappa shape index (κ2) is 21.0. The maximum absolute atomic E-state index is 10.4. The van der Waals surface area contributed by atoms with Crippen LogP contribution in [0.15, 0.2) is 255 Å². The number of para-hydroxylation sites is 3. The zero-order valence-corrected chi connectivity index (χ0v) is 46.2. The molecule has 79 heavy (non-hydrogen) atoms. The van der Waals surface area contributed by atoms with Crippen molar-refractivity contribution in [1.29, 1.82) is 5.26 Å². The standard InChI is InChI=1S/C71H51N5OSi.Pt/c1-71(2,3)53-41-42-73-69(44-53)76-63-40-39-50(48-72)43-61(63)62-46-68(78(56-29-13-6-14-30-56,57-31-15-7-16-32-57)58-33-17-8-18-34-58)67(47-66(62)76)77-55-28-21-27-54(45-55)74-49-75(65-38-20-19-37-64(65)74)70-59(51-23-9-4-10-24-51)35-22-36-60(70)52-25-11-5-12-26-52;/h4-44,46H,1-3H3;/q-2;/i4D,5D,9D,10D,11D,12D,23D,24D,25D,26D;. The summed E-state index contributed by atoms with van der Waals surface area (Å²) in [6, 6.07) is 65.4. The van der Waals surface area contributed by atoms with Gasteiger partial charge < -0.3 is 13.9 Å². The zero-order chi connectivity index (χ0) is 61.5. The van der Waals surface area contributed by atoms with Crippen molar-refractivity contribution in [2.24, 2.45) is 0 Å². The summed E-state index contributed by atoms with van der Waals surface area (Å²) in [4.78, 5) is 4.99. The second-order valence-corrected chi connectivity index (χ2v) is 23.7. The maximum atomic E-state index is 10.4. The second-order valence-electron chi connectivity index (χ2n) is 19.9. The number of nitriles is 1. The first kappa shape index (κ1) is 40.1. The third kappa shape index (κ3) is 8.99. The molecule has 0 aliphatic heterocycles. The summed E-state index contributed by atoms with van der Waals surface area (Å²) >= 11 is 0. The van der Waals surface area contributed by atoms with Gasteiger partial charge in [-0.1, -0.05) is 236 Å². The first-order chi connectivity index (χ1) is 42.4. The number of imidazole rings is 1. The zero-order valence-electron chi connectivity index (χ0n) is 52.9. The first-order valence-corrected chi connectivity index (χ1v) is 27.4. The van der Waals surface area contributed by atoms with Crippen LogP contribution in [-0.2, 0) is 26.5 Å². The molecular formula is C71H51N5OPtSi-2. The van der Waals surface area contributed by atoms with Gasteiger partial charge in [-0.2, -0.15) is 23.5 Å². The summed E-state index contributed by atoms with van der Waals surface area (Å²) in [5.74, 6) is 1.36. The molecule has 6 nitrogen and oxygen atoms in total. The molecule has 13 rings (SSSR count). The minimum Gasteiger partial charge on any atom is -0.510 e. The molecule has 3 aromatic heterocycles. The molecule has 0 fully saturated rings. The molecule has 0 aliphatic carbocycles. The van der Waals surface area contributed by atoms with Gasteiger partial charge in [0.1, 0.15) is 13.9 Å². The number of hydrogen-bond donors (Lipinski definition) is 0. The number of aromatic nitrogens is 4. The van der Waals surface area contributed by atoms with Crippen LogP contribution in [0.4, 0.5) is 0 Å². The Labute approximate surface area is 490 Å². The summed E-state index contributed by atoms with van der Waals surface area (Å²) < 4.78 is 101. The number of rotatable bonds is 11. The fourth-order valence-corrected chi connectivity index (χ4v) is 15.6. The van der Waals surface area contributed by atoms with Gasteiger partial charge in [0.15, 0.2) is 0 Å². The van der Waals surface area contributed by atoms with E-state index in [0.717, 1.165) is 42.6 Å². The largest absolute Gasteiger partial charge is 0.510 e. The van der Waals surface area contributed by atoms with E-state index in [1.54, 1.807) is 27.3 Å². The molecule has 0 saturated carbocycles. The summed E-state index contributed by atoms with van der Waals surface area (Å²) in [5.41, 5.74) is 4.39. The number of ether oxygens (including phenoxy) is 1. The van der Waals surface area contributed by atoms with Crippen molar-refractivity contribution in [1.82, 2.24) is 14.1 Å². The Morgan fingerprint density at radius 1 is 0.608 bits per heavy atom. The van der Waals surface area contributed by atoms with Gasteiger partial charge in [0, 0.05) is 44.3 Å². The van der Waals surface area contributed by atoms with Crippen LogP contribution in [0, 0.1) is 29.8 Å². The molecule has 0 amide bonds. The molecule has 10 aromatic carbocycles. The molecule has 0 saturated heterocycles. The summed E-state index contributed by atoms with van der Waals surface area (Å²) in [7, 11) is -3.48. The molecule has 382 valence electrons. The van der Waals surface area contributed by atoms with Crippen LogP contribution in [-0.4, -0.2) is 22.2 Å². The van der Waals surface area contributed by atoms with E-state index >= 15 is 0 Å². The number of hydrogen-bond acceptors (Lipinski definition) is 3. The third-order valence-corrected chi connectivity index (χ3v) is 19.1. The van der Waals surface area contributed by atoms with Crippen LogP contribution in [0.5, 0.6) is 11.5 Å². The van der Waals surface area contributed by atoms with Gasteiger partial charge in [-0.3, -0.25) is 4.57 Å². The Morgan fingerprint density at radius 2 is 1.20 bits per heavy atom. The van der Waals surface area contributed by atoms with E-state index in [1.807, 2.05) is 91.1 Å². The van der Waals surface area contributed by atoms with Crippen molar-refractivity contribution >= 4 is 61.7 Å². The molecular weight excluding hydrogens is 1160 g/mol. The van der Waals surface area contributed by atoms with Gasteiger partial charge in [-0.25, -0.2) is 4.98 Å². The predicted octanol–water partition coefficient (Wildman–Crippen LogP) is 13.5. The quantitative estimate of drug-likeness (QED) is 0.0561. The minimum absolute atomic E-state index is 0. The Balaban J connectivity index is 0.00000769. The monoisotopic (exact) mass is 1220 g/mol.